The van der Waals surface area contributed by atoms with E-state index in [0.29, 0.717) is 16.3 Å². The van der Waals surface area contributed by atoms with E-state index in [4.69, 9.17) is 16.7 Å². The third kappa shape index (κ3) is 3.94. The van der Waals surface area contributed by atoms with Gasteiger partial charge in [0.25, 0.3) is 0 Å². The second-order valence-electron chi connectivity index (χ2n) is 4.20. The average Bonchev–Trinajstić information content (AvgIpc) is 2.48. The van der Waals surface area contributed by atoms with E-state index in [1.54, 1.807) is 42.5 Å². The van der Waals surface area contributed by atoms with Crippen molar-refractivity contribution >= 4 is 29.0 Å². The van der Waals surface area contributed by atoms with Gasteiger partial charge in [-0.25, -0.2) is 4.79 Å². The Balaban J connectivity index is 2.07. The van der Waals surface area contributed by atoms with Gasteiger partial charge in [-0.1, -0.05) is 23.7 Å². The first-order valence-corrected chi connectivity index (χ1v) is 6.51. The van der Waals surface area contributed by atoms with Crippen LogP contribution in [0.5, 0.6) is 0 Å². The van der Waals surface area contributed by atoms with Gasteiger partial charge in [0.2, 0.25) is 0 Å². The number of benzene rings is 2. The Kier molecular flexibility index (Phi) is 4.74. The fraction of sp³-hybridized carbons (Fsp3) is 0. The zero-order valence-electron chi connectivity index (χ0n) is 10.9. The van der Waals surface area contributed by atoms with Gasteiger partial charge in [-0.2, -0.15) is 0 Å². The average molecular weight is 302 g/mol. The molecule has 0 aliphatic carbocycles. The molecule has 0 aliphatic rings. The van der Waals surface area contributed by atoms with Crippen LogP contribution in [0.2, 0.25) is 5.02 Å². The zero-order chi connectivity index (χ0) is 15.2. The van der Waals surface area contributed by atoms with Crippen LogP contribution >= 0.6 is 11.6 Å². The number of aromatic carboxylic acids is 1. The van der Waals surface area contributed by atoms with Gasteiger partial charge in [0.05, 0.1) is 11.3 Å². The van der Waals surface area contributed by atoms with Crippen molar-refractivity contribution in [3.8, 4) is 0 Å². The molecule has 5 heteroatoms. The molecule has 2 aromatic carbocycles. The second kappa shape index (κ2) is 6.72. The van der Waals surface area contributed by atoms with Crippen LogP contribution in [0, 0.1) is 0 Å². The molecule has 0 aliphatic heterocycles. The van der Waals surface area contributed by atoms with Crippen LogP contribution in [0.1, 0.15) is 20.7 Å². The molecule has 0 aromatic heterocycles. The SMILES string of the molecule is O=C(/C=C/Nc1ccccc1C(=O)O)c1ccc(Cl)cc1. The van der Waals surface area contributed by atoms with Crippen molar-refractivity contribution in [2.75, 3.05) is 5.32 Å². The van der Waals surface area contributed by atoms with Gasteiger partial charge >= 0.3 is 5.97 Å². The highest BCUT2D eigenvalue weighted by atomic mass is 35.5. The van der Waals surface area contributed by atoms with Crippen molar-refractivity contribution in [2.24, 2.45) is 0 Å². The number of allylic oxidation sites excluding steroid dienone is 1. The number of carboxylic acids is 1. The zero-order valence-corrected chi connectivity index (χ0v) is 11.7. The molecule has 0 spiro atoms. The first kappa shape index (κ1) is 14.8. The Labute approximate surface area is 126 Å². The molecule has 0 saturated carbocycles. The Morgan fingerprint density at radius 3 is 2.38 bits per heavy atom. The molecule has 0 heterocycles. The third-order valence-corrected chi connectivity index (χ3v) is 3.01. The van der Waals surface area contributed by atoms with Crippen LogP contribution in [0.25, 0.3) is 0 Å². The minimum atomic E-state index is -1.03. The summed E-state index contributed by atoms with van der Waals surface area (Å²) in [5.74, 6) is -1.23. The van der Waals surface area contributed by atoms with Crippen LogP contribution in [0.4, 0.5) is 5.69 Å². The summed E-state index contributed by atoms with van der Waals surface area (Å²) in [6.07, 6.45) is 2.75. The molecule has 2 aromatic rings. The number of para-hydroxylation sites is 1. The summed E-state index contributed by atoms with van der Waals surface area (Å²) in [6.45, 7) is 0. The molecule has 0 fully saturated rings. The molecule has 0 amide bonds. The molecular weight excluding hydrogens is 290 g/mol. The standard InChI is InChI=1S/C16H12ClNO3/c17-12-7-5-11(6-8-12)15(19)9-10-18-14-4-2-1-3-13(14)16(20)21/h1-10,18H,(H,20,21)/b10-9+. The molecule has 0 unspecified atom stereocenters. The summed E-state index contributed by atoms with van der Waals surface area (Å²) in [4.78, 5) is 22.9. The van der Waals surface area contributed by atoms with Crippen LogP contribution in [0.3, 0.4) is 0 Å². The minimum Gasteiger partial charge on any atom is -0.478 e. The van der Waals surface area contributed by atoms with Gasteiger partial charge in [-0.3, -0.25) is 4.79 Å². The maximum absolute atomic E-state index is 11.9. The summed E-state index contributed by atoms with van der Waals surface area (Å²) in [6, 6.07) is 13.0. The molecule has 0 atom stereocenters. The van der Waals surface area contributed by atoms with Crippen LogP contribution in [-0.4, -0.2) is 16.9 Å². The van der Waals surface area contributed by atoms with E-state index < -0.39 is 5.97 Å². The first-order valence-electron chi connectivity index (χ1n) is 6.13. The van der Waals surface area contributed by atoms with Gasteiger partial charge in [0.1, 0.15) is 0 Å². The Hall–Kier alpha value is -2.59. The Bertz CT molecular complexity index is 693. The van der Waals surface area contributed by atoms with Crippen molar-refractivity contribution in [1.29, 1.82) is 0 Å². The number of carbonyl (C=O) groups excluding carboxylic acids is 1. The first-order chi connectivity index (χ1) is 10.1. The number of anilines is 1. The van der Waals surface area contributed by atoms with Crippen molar-refractivity contribution in [1.82, 2.24) is 0 Å². The molecule has 0 saturated heterocycles. The number of rotatable bonds is 5. The summed E-state index contributed by atoms with van der Waals surface area (Å²) < 4.78 is 0. The highest BCUT2D eigenvalue weighted by Crippen LogP contribution is 2.15. The monoisotopic (exact) mass is 301 g/mol. The number of carboxylic acid groups (broad SMARTS) is 1. The molecule has 0 radical (unpaired) electrons. The smallest absolute Gasteiger partial charge is 0.337 e. The van der Waals surface area contributed by atoms with Crippen LogP contribution < -0.4 is 5.32 Å². The van der Waals surface area contributed by atoms with E-state index >= 15 is 0 Å². The Morgan fingerprint density at radius 1 is 1.05 bits per heavy atom. The van der Waals surface area contributed by atoms with Crippen molar-refractivity contribution < 1.29 is 14.7 Å². The second-order valence-corrected chi connectivity index (χ2v) is 4.64. The highest BCUT2D eigenvalue weighted by Gasteiger charge is 2.07. The fourth-order valence-corrected chi connectivity index (χ4v) is 1.84. The predicted octanol–water partition coefficient (Wildman–Crippen LogP) is 3.85. The summed E-state index contributed by atoms with van der Waals surface area (Å²) in [7, 11) is 0. The van der Waals surface area contributed by atoms with Crippen LogP contribution in [-0.2, 0) is 0 Å². The molecular formula is C16H12ClNO3. The topological polar surface area (TPSA) is 66.4 Å². The summed E-state index contributed by atoms with van der Waals surface area (Å²) in [5, 5.41) is 12.4. The Morgan fingerprint density at radius 2 is 1.71 bits per heavy atom. The van der Waals surface area contributed by atoms with Gasteiger partial charge in [0.15, 0.2) is 5.78 Å². The van der Waals surface area contributed by atoms with E-state index in [0.717, 1.165) is 0 Å². The predicted molar refractivity (Wildman–Crippen MR) is 81.9 cm³/mol. The number of carbonyl (C=O) groups is 2. The van der Waals surface area contributed by atoms with E-state index in [9.17, 15) is 9.59 Å². The van der Waals surface area contributed by atoms with Crippen LogP contribution in [0.15, 0.2) is 60.8 Å². The van der Waals surface area contributed by atoms with Gasteiger partial charge in [0, 0.05) is 22.9 Å². The largest absolute Gasteiger partial charge is 0.478 e. The summed E-state index contributed by atoms with van der Waals surface area (Å²) >= 11 is 5.75. The maximum Gasteiger partial charge on any atom is 0.337 e. The van der Waals surface area contributed by atoms with E-state index in [-0.39, 0.29) is 11.3 Å². The normalized spacial score (nSPS) is 10.5. The van der Waals surface area contributed by atoms with Crippen molar-refractivity contribution in [3.05, 3.63) is 77.0 Å². The number of hydrogen-bond acceptors (Lipinski definition) is 3. The van der Waals surface area contributed by atoms with Crippen molar-refractivity contribution in [2.45, 2.75) is 0 Å². The van der Waals surface area contributed by atoms with E-state index in [1.165, 1.54) is 18.3 Å². The number of ketones is 1. The molecule has 0 bridgehead atoms. The minimum absolute atomic E-state index is 0.140. The van der Waals surface area contributed by atoms with Gasteiger partial charge < -0.3 is 10.4 Å². The van der Waals surface area contributed by atoms with E-state index in [2.05, 4.69) is 5.32 Å². The van der Waals surface area contributed by atoms with Gasteiger partial charge in [-0.05, 0) is 36.4 Å². The lowest BCUT2D eigenvalue weighted by Gasteiger charge is -2.04. The lowest BCUT2D eigenvalue weighted by molar-refractivity contribution is 0.0698. The number of halogens is 1. The number of nitrogens with one attached hydrogen (secondary N) is 1. The lowest BCUT2D eigenvalue weighted by Crippen LogP contribution is -2.02. The molecule has 21 heavy (non-hydrogen) atoms. The molecule has 4 nitrogen and oxygen atoms in total. The quantitative estimate of drug-likeness (QED) is 0.650. The summed E-state index contributed by atoms with van der Waals surface area (Å²) in [5.41, 5.74) is 1.07. The molecule has 2 rings (SSSR count). The molecule has 106 valence electrons. The third-order valence-electron chi connectivity index (χ3n) is 2.76. The maximum atomic E-state index is 11.9. The fourth-order valence-electron chi connectivity index (χ4n) is 1.71. The lowest BCUT2D eigenvalue weighted by atomic mass is 10.1. The number of hydrogen-bond donors (Lipinski definition) is 2. The highest BCUT2D eigenvalue weighted by molar-refractivity contribution is 6.30. The van der Waals surface area contributed by atoms with Crippen molar-refractivity contribution in [3.63, 3.8) is 0 Å². The van der Waals surface area contributed by atoms with E-state index in [1.807, 2.05) is 0 Å². The molecule has 2 N–H and O–H groups in total. The van der Waals surface area contributed by atoms with Gasteiger partial charge in [-0.15, -0.1) is 0 Å².